The van der Waals surface area contributed by atoms with Crippen LogP contribution in [0.25, 0.3) is 0 Å². The van der Waals surface area contributed by atoms with E-state index in [0.29, 0.717) is 0 Å². The van der Waals surface area contributed by atoms with Crippen LogP contribution in [0.4, 0.5) is 0 Å². The van der Waals surface area contributed by atoms with E-state index in [1.807, 2.05) is 18.2 Å². The molecule has 0 aromatic heterocycles. The largest absolute Gasteiger partial charge is 0.304 e. The third kappa shape index (κ3) is 3.34. The molecule has 1 aromatic rings. The van der Waals surface area contributed by atoms with Gasteiger partial charge in [-0.05, 0) is 38.0 Å². The van der Waals surface area contributed by atoms with Crippen molar-refractivity contribution in [1.29, 1.82) is 5.26 Å². The minimum atomic E-state index is -0.330. The topological polar surface area (TPSA) is 27.0 Å². The van der Waals surface area contributed by atoms with Crippen LogP contribution in [0.2, 0.25) is 0 Å². The summed E-state index contributed by atoms with van der Waals surface area (Å²) in [7, 11) is 0. The fraction of sp³-hybridized carbons (Fsp3) is 0.562. The van der Waals surface area contributed by atoms with Crippen LogP contribution in [0, 0.1) is 11.3 Å². The van der Waals surface area contributed by atoms with Gasteiger partial charge < -0.3 is 4.90 Å². The molecule has 0 radical (unpaired) electrons. The van der Waals surface area contributed by atoms with Crippen molar-refractivity contribution in [2.45, 2.75) is 39.0 Å². The van der Waals surface area contributed by atoms with E-state index < -0.39 is 0 Å². The zero-order chi connectivity index (χ0) is 13.4. The molecular weight excluding hydrogens is 220 g/mol. The monoisotopic (exact) mass is 244 g/mol. The lowest BCUT2D eigenvalue weighted by molar-refractivity contribution is 0.273. The Kier molecular flexibility index (Phi) is 5.88. The summed E-state index contributed by atoms with van der Waals surface area (Å²) in [5.74, 6) is 0. The molecule has 0 spiro atoms. The third-order valence-corrected chi connectivity index (χ3v) is 3.89. The lowest BCUT2D eigenvalue weighted by atomic mass is 9.76. The molecule has 1 rings (SSSR count). The van der Waals surface area contributed by atoms with Gasteiger partial charge in [-0.2, -0.15) is 5.26 Å². The first-order valence-electron chi connectivity index (χ1n) is 6.91. The van der Waals surface area contributed by atoms with Gasteiger partial charge in [0.05, 0.1) is 11.5 Å². The van der Waals surface area contributed by atoms with Gasteiger partial charge in [0.15, 0.2) is 0 Å². The van der Waals surface area contributed by atoms with E-state index in [2.05, 4.69) is 43.9 Å². The van der Waals surface area contributed by atoms with Gasteiger partial charge in [-0.15, -0.1) is 0 Å². The van der Waals surface area contributed by atoms with Crippen LogP contribution in [0.3, 0.4) is 0 Å². The first-order chi connectivity index (χ1) is 8.72. The summed E-state index contributed by atoms with van der Waals surface area (Å²) in [6, 6.07) is 12.8. The maximum absolute atomic E-state index is 9.62. The highest BCUT2D eigenvalue weighted by atomic mass is 15.1. The SMILES string of the molecule is CCN(CC)CCC(C#N)(CC)c1ccccc1. The fourth-order valence-electron chi connectivity index (χ4n) is 2.37. The van der Waals surface area contributed by atoms with Gasteiger partial charge in [0.25, 0.3) is 0 Å². The van der Waals surface area contributed by atoms with E-state index in [1.165, 1.54) is 0 Å². The molecule has 0 fully saturated rings. The molecule has 2 nitrogen and oxygen atoms in total. The number of nitrogens with zero attached hydrogens (tertiary/aromatic N) is 2. The quantitative estimate of drug-likeness (QED) is 0.733. The van der Waals surface area contributed by atoms with Crippen molar-refractivity contribution in [1.82, 2.24) is 4.90 Å². The minimum absolute atomic E-state index is 0.330. The molecule has 18 heavy (non-hydrogen) atoms. The van der Waals surface area contributed by atoms with Gasteiger partial charge in [0.1, 0.15) is 0 Å². The maximum atomic E-state index is 9.62. The predicted octanol–water partition coefficient (Wildman–Crippen LogP) is 3.59. The van der Waals surface area contributed by atoms with Crippen LogP contribution in [-0.2, 0) is 5.41 Å². The summed E-state index contributed by atoms with van der Waals surface area (Å²) in [4.78, 5) is 2.38. The molecule has 0 bridgehead atoms. The summed E-state index contributed by atoms with van der Waals surface area (Å²) in [6.45, 7) is 9.55. The molecule has 1 aromatic carbocycles. The number of benzene rings is 1. The molecule has 1 unspecified atom stereocenters. The first-order valence-corrected chi connectivity index (χ1v) is 6.91. The van der Waals surface area contributed by atoms with Crippen LogP contribution in [-0.4, -0.2) is 24.5 Å². The molecular formula is C16H24N2. The Labute approximate surface area is 111 Å². The van der Waals surface area contributed by atoms with E-state index in [1.54, 1.807) is 0 Å². The van der Waals surface area contributed by atoms with Crippen LogP contribution in [0.15, 0.2) is 30.3 Å². The van der Waals surface area contributed by atoms with Gasteiger partial charge in [-0.3, -0.25) is 0 Å². The van der Waals surface area contributed by atoms with Crippen molar-refractivity contribution >= 4 is 0 Å². The molecule has 0 N–H and O–H groups in total. The molecule has 98 valence electrons. The van der Waals surface area contributed by atoms with E-state index >= 15 is 0 Å². The average molecular weight is 244 g/mol. The first kappa shape index (κ1) is 14.7. The molecule has 1 atom stereocenters. The Hall–Kier alpha value is -1.33. The summed E-state index contributed by atoms with van der Waals surface area (Å²) in [5, 5.41) is 9.62. The van der Waals surface area contributed by atoms with E-state index in [9.17, 15) is 5.26 Å². The Morgan fingerprint density at radius 2 is 1.72 bits per heavy atom. The molecule has 0 heterocycles. The molecule has 0 saturated carbocycles. The molecule has 0 saturated heterocycles. The van der Waals surface area contributed by atoms with Crippen LogP contribution < -0.4 is 0 Å². The van der Waals surface area contributed by atoms with Crippen LogP contribution in [0.5, 0.6) is 0 Å². The molecule has 0 aliphatic carbocycles. The smallest absolute Gasteiger partial charge is 0.0831 e. The van der Waals surface area contributed by atoms with E-state index in [4.69, 9.17) is 0 Å². The number of hydrogen-bond acceptors (Lipinski definition) is 2. The number of rotatable bonds is 7. The molecule has 2 heteroatoms. The highest BCUT2D eigenvalue weighted by Crippen LogP contribution is 2.31. The Bertz CT molecular complexity index is 376. The highest BCUT2D eigenvalue weighted by molar-refractivity contribution is 5.32. The third-order valence-electron chi connectivity index (χ3n) is 3.89. The summed E-state index contributed by atoms with van der Waals surface area (Å²) in [6.07, 6.45) is 1.78. The Morgan fingerprint density at radius 3 is 2.17 bits per heavy atom. The second-order valence-electron chi connectivity index (χ2n) is 4.69. The van der Waals surface area contributed by atoms with Gasteiger partial charge in [-0.1, -0.05) is 51.1 Å². The van der Waals surface area contributed by atoms with Crippen molar-refractivity contribution in [3.63, 3.8) is 0 Å². The lowest BCUT2D eigenvalue weighted by Gasteiger charge is -2.29. The standard InChI is InChI=1S/C16H24N2/c1-4-16(14-17,12-13-18(5-2)6-3)15-10-8-7-9-11-15/h7-11H,4-6,12-13H2,1-3H3. The lowest BCUT2D eigenvalue weighted by Crippen LogP contribution is -2.32. The minimum Gasteiger partial charge on any atom is -0.304 e. The normalized spacial score (nSPS) is 14.2. The summed E-state index contributed by atoms with van der Waals surface area (Å²) in [5.41, 5.74) is 0.825. The van der Waals surface area contributed by atoms with Gasteiger partial charge in [0, 0.05) is 0 Å². The van der Waals surface area contributed by atoms with Crippen molar-refractivity contribution in [3.8, 4) is 6.07 Å². The molecule has 0 aliphatic rings. The fourth-order valence-corrected chi connectivity index (χ4v) is 2.37. The number of hydrogen-bond donors (Lipinski definition) is 0. The Morgan fingerprint density at radius 1 is 1.11 bits per heavy atom. The van der Waals surface area contributed by atoms with Crippen molar-refractivity contribution in [3.05, 3.63) is 35.9 Å². The second kappa shape index (κ2) is 7.18. The van der Waals surface area contributed by atoms with E-state index in [0.717, 1.165) is 38.0 Å². The molecule has 0 aliphatic heterocycles. The predicted molar refractivity (Wildman–Crippen MR) is 76.4 cm³/mol. The summed E-state index contributed by atoms with van der Waals surface area (Å²) < 4.78 is 0. The van der Waals surface area contributed by atoms with Gasteiger partial charge in [0.2, 0.25) is 0 Å². The van der Waals surface area contributed by atoms with Crippen LogP contribution in [0.1, 0.15) is 39.2 Å². The number of nitriles is 1. The van der Waals surface area contributed by atoms with E-state index in [-0.39, 0.29) is 5.41 Å². The Balaban J connectivity index is 2.85. The van der Waals surface area contributed by atoms with Crippen molar-refractivity contribution in [2.24, 2.45) is 0 Å². The molecule has 0 amide bonds. The van der Waals surface area contributed by atoms with Crippen molar-refractivity contribution < 1.29 is 0 Å². The van der Waals surface area contributed by atoms with Crippen LogP contribution >= 0.6 is 0 Å². The zero-order valence-electron chi connectivity index (χ0n) is 11.8. The zero-order valence-corrected chi connectivity index (χ0v) is 11.8. The highest BCUT2D eigenvalue weighted by Gasteiger charge is 2.30. The average Bonchev–Trinajstić information content (AvgIpc) is 2.45. The summed E-state index contributed by atoms with van der Waals surface area (Å²) >= 11 is 0. The second-order valence-corrected chi connectivity index (χ2v) is 4.69. The van der Waals surface area contributed by atoms with Gasteiger partial charge >= 0.3 is 0 Å². The maximum Gasteiger partial charge on any atom is 0.0831 e. The van der Waals surface area contributed by atoms with Gasteiger partial charge in [-0.25, -0.2) is 0 Å². The van der Waals surface area contributed by atoms with Crippen molar-refractivity contribution in [2.75, 3.05) is 19.6 Å².